The molecule has 12 nitrogen and oxygen atoms in total. The number of nitrogens with zero attached hydrogens (tertiary/aromatic N) is 5. The molecule has 48 heavy (non-hydrogen) atoms. The van der Waals surface area contributed by atoms with Gasteiger partial charge in [-0.3, -0.25) is 9.59 Å². The van der Waals surface area contributed by atoms with Gasteiger partial charge in [0.15, 0.2) is 5.82 Å². The van der Waals surface area contributed by atoms with Gasteiger partial charge in [0.2, 0.25) is 5.95 Å². The summed E-state index contributed by atoms with van der Waals surface area (Å²) < 4.78 is 41.0. The van der Waals surface area contributed by atoms with Crippen molar-refractivity contribution in [2.75, 3.05) is 48.9 Å². The standard InChI is InChI=1S/C34H45F2N7O5/c1-32(2,3)48-31(46)42-18-33(19-42)14-12-22(13-15-33)38-28(44)21-10-11-24(26(16-21)47-5)39-30-37-17-25-27(40-30)43(23-8-6-7-9-23)20-34(35,36)29(45)41(25)4/h10-11,16-17,22-23H,6-9,12-15,18-20H2,1-5H3,(H,38,44)(H,37,39,40). The van der Waals surface area contributed by atoms with Crippen molar-refractivity contribution in [1.82, 2.24) is 20.2 Å². The number of amides is 3. The zero-order chi connectivity index (χ0) is 34.4. The number of halogens is 2. The highest BCUT2D eigenvalue weighted by molar-refractivity contribution is 6.02. The lowest BCUT2D eigenvalue weighted by atomic mass is 9.67. The zero-order valence-corrected chi connectivity index (χ0v) is 28.3. The molecule has 0 atom stereocenters. The number of ether oxygens (including phenoxy) is 2. The molecule has 0 unspecified atom stereocenters. The number of hydrogen-bond acceptors (Lipinski definition) is 9. The van der Waals surface area contributed by atoms with E-state index in [4.69, 9.17) is 9.47 Å². The summed E-state index contributed by atoms with van der Waals surface area (Å²) in [7, 11) is 2.81. The van der Waals surface area contributed by atoms with Crippen molar-refractivity contribution in [2.24, 2.45) is 5.41 Å². The molecule has 3 amide bonds. The van der Waals surface area contributed by atoms with Crippen LogP contribution in [-0.4, -0.2) is 90.2 Å². The fourth-order valence-electron chi connectivity index (χ4n) is 7.34. The number of aromatic nitrogens is 2. The first-order chi connectivity index (χ1) is 22.7. The van der Waals surface area contributed by atoms with Gasteiger partial charge in [0.1, 0.15) is 17.0 Å². The Morgan fingerprint density at radius 1 is 1.04 bits per heavy atom. The summed E-state index contributed by atoms with van der Waals surface area (Å²) in [5.74, 6) is -4.26. The number of benzene rings is 1. The van der Waals surface area contributed by atoms with Crippen molar-refractivity contribution < 1.29 is 32.6 Å². The van der Waals surface area contributed by atoms with E-state index in [1.807, 2.05) is 20.8 Å². The number of carbonyl (C=O) groups excluding carboxylic acids is 3. The maximum absolute atomic E-state index is 14.9. The van der Waals surface area contributed by atoms with E-state index in [-0.39, 0.29) is 47.0 Å². The first-order valence-electron chi connectivity index (χ1n) is 16.7. The number of hydrogen-bond donors (Lipinski definition) is 2. The smallest absolute Gasteiger partial charge is 0.410 e. The molecule has 1 aromatic carbocycles. The van der Waals surface area contributed by atoms with Crippen LogP contribution in [0.3, 0.4) is 0 Å². The first kappa shape index (κ1) is 33.7. The van der Waals surface area contributed by atoms with Crippen LogP contribution in [0.4, 0.5) is 36.7 Å². The number of alkyl halides is 2. The molecule has 1 spiro atoms. The highest BCUT2D eigenvalue weighted by Gasteiger charge is 2.49. The Bertz CT molecular complexity index is 1560. The lowest BCUT2D eigenvalue weighted by Gasteiger charge is -2.53. The van der Waals surface area contributed by atoms with E-state index in [0.717, 1.165) is 56.3 Å². The third-order valence-electron chi connectivity index (χ3n) is 9.93. The molecule has 0 radical (unpaired) electrons. The summed E-state index contributed by atoms with van der Waals surface area (Å²) in [4.78, 5) is 51.4. The normalized spacial score (nSPS) is 21.0. The molecule has 6 rings (SSSR count). The van der Waals surface area contributed by atoms with Gasteiger partial charge in [-0.1, -0.05) is 12.8 Å². The Labute approximate surface area is 279 Å². The Hall–Kier alpha value is -4.23. The SMILES string of the molecule is COc1cc(C(=O)NC2CCC3(CC2)CN(C(=O)OC(C)(C)C)C3)ccc1Nc1ncc2c(n1)N(C1CCCC1)CC(F)(F)C(=O)N2C. The molecule has 14 heteroatoms. The maximum Gasteiger partial charge on any atom is 0.410 e. The average molecular weight is 670 g/mol. The lowest BCUT2D eigenvalue weighted by Crippen LogP contribution is -2.61. The molecular weight excluding hydrogens is 624 g/mol. The number of nitrogens with one attached hydrogen (secondary N) is 2. The topological polar surface area (TPSA) is 129 Å². The largest absolute Gasteiger partial charge is 0.495 e. The molecule has 2 aromatic rings. The van der Waals surface area contributed by atoms with Crippen molar-refractivity contribution >= 4 is 41.0 Å². The van der Waals surface area contributed by atoms with Gasteiger partial charge in [0.05, 0.1) is 25.5 Å². The Morgan fingerprint density at radius 2 is 1.73 bits per heavy atom. The van der Waals surface area contributed by atoms with Crippen molar-refractivity contribution in [3.8, 4) is 5.75 Å². The van der Waals surface area contributed by atoms with Gasteiger partial charge in [0, 0.05) is 43.2 Å². The van der Waals surface area contributed by atoms with E-state index in [1.165, 1.54) is 20.4 Å². The summed E-state index contributed by atoms with van der Waals surface area (Å²) >= 11 is 0. The fraction of sp³-hybridized carbons (Fsp3) is 0.618. The van der Waals surface area contributed by atoms with Gasteiger partial charge < -0.3 is 34.8 Å². The molecule has 2 aliphatic carbocycles. The second kappa shape index (κ2) is 12.7. The van der Waals surface area contributed by atoms with E-state index < -0.39 is 24.0 Å². The molecule has 1 aromatic heterocycles. The van der Waals surface area contributed by atoms with E-state index in [9.17, 15) is 23.2 Å². The van der Waals surface area contributed by atoms with Crippen LogP contribution in [-0.2, 0) is 9.53 Å². The average Bonchev–Trinajstić information content (AvgIpc) is 3.54. The summed E-state index contributed by atoms with van der Waals surface area (Å²) in [5.41, 5.74) is 0.706. The van der Waals surface area contributed by atoms with E-state index in [1.54, 1.807) is 28.0 Å². The van der Waals surface area contributed by atoms with Crippen molar-refractivity contribution in [1.29, 1.82) is 0 Å². The van der Waals surface area contributed by atoms with E-state index in [0.29, 0.717) is 30.1 Å². The van der Waals surface area contributed by atoms with E-state index in [2.05, 4.69) is 20.6 Å². The zero-order valence-electron chi connectivity index (χ0n) is 28.3. The summed E-state index contributed by atoms with van der Waals surface area (Å²) in [6, 6.07) is 4.87. The van der Waals surface area contributed by atoms with Gasteiger partial charge in [-0.15, -0.1) is 0 Å². The predicted molar refractivity (Wildman–Crippen MR) is 176 cm³/mol. The van der Waals surface area contributed by atoms with Gasteiger partial charge in [0.25, 0.3) is 11.8 Å². The molecule has 3 fully saturated rings. The molecule has 260 valence electrons. The third-order valence-corrected chi connectivity index (χ3v) is 9.93. The molecule has 4 aliphatic rings. The minimum atomic E-state index is -3.56. The van der Waals surface area contributed by atoms with Gasteiger partial charge in [-0.2, -0.15) is 13.8 Å². The minimum absolute atomic E-state index is 0.0238. The molecular formula is C34H45F2N7O5. The third kappa shape index (κ3) is 6.84. The summed E-state index contributed by atoms with van der Waals surface area (Å²) in [5, 5.41) is 6.26. The lowest BCUT2D eigenvalue weighted by molar-refractivity contribution is -0.140. The molecule has 3 heterocycles. The number of carbonyl (C=O) groups is 3. The van der Waals surface area contributed by atoms with Crippen LogP contribution < -0.4 is 25.2 Å². The second-order valence-corrected chi connectivity index (χ2v) is 14.7. The molecule has 2 saturated carbocycles. The van der Waals surface area contributed by atoms with Crippen molar-refractivity contribution in [3.05, 3.63) is 30.0 Å². The van der Waals surface area contributed by atoms with Crippen LogP contribution in [0.5, 0.6) is 5.75 Å². The Balaban J connectivity index is 1.10. The van der Waals surface area contributed by atoms with Crippen LogP contribution in [0.1, 0.15) is 82.5 Å². The van der Waals surface area contributed by atoms with Gasteiger partial charge >= 0.3 is 12.0 Å². The molecule has 1 saturated heterocycles. The second-order valence-electron chi connectivity index (χ2n) is 14.7. The maximum atomic E-state index is 14.9. The number of likely N-dealkylation sites (tertiary alicyclic amines) is 1. The molecule has 2 aliphatic heterocycles. The Morgan fingerprint density at radius 3 is 2.38 bits per heavy atom. The van der Waals surface area contributed by atoms with Crippen LogP contribution in [0.2, 0.25) is 0 Å². The Kier molecular flexibility index (Phi) is 8.88. The van der Waals surface area contributed by atoms with Gasteiger partial charge in [-0.05, 0) is 77.5 Å². The summed E-state index contributed by atoms with van der Waals surface area (Å²) in [6.45, 7) is 6.20. The number of rotatable bonds is 6. The molecule has 0 bridgehead atoms. The van der Waals surface area contributed by atoms with Crippen LogP contribution >= 0.6 is 0 Å². The molecule has 2 N–H and O–H groups in total. The summed E-state index contributed by atoms with van der Waals surface area (Å²) in [6.07, 6.45) is 7.93. The fourth-order valence-corrected chi connectivity index (χ4v) is 7.34. The number of methoxy groups -OCH3 is 1. The van der Waals surface area contributed by atoms with E-state index >= 15 is 0 Å². The number of anilines is 4. The number of fused-ring (bicyclic) bond motifs is 1. The van der Waals surface area contributed by atoms with Crippen LogP contribution in [0.25, 0.3) is 0 Å². The predicted octanol–water partition coefficient (Wildman–Crippen LogP) is 5.50. The quantitative estimate of drug-likeness (QED) is 0.410. The van der Waals surface area contributed by atoms with Crippen molar-refractivity contribution in [3.63, 3.8) is 0 Å². The minimum Gasteiger partial charge on any atom is -0.495 e. The van der Waals surface area contributed by atoms with Gasteiger partial charge in [-0.25, -0.2) is 9.78 Å². The highest BCUT2D eigenvalue weighted by Crippen LogP contribution is 2.45. The highest BCUT2D eigenvalue weighted by atomic mass is 19.3. The monoisotopic (exact) mass is 669 g/mol. The van der Waals surface area contributed by atoms with Crippen LogP contribution in [0.15, 0.2) is 24.4 Å². The first-order valence-corrected chi connectivity index (χ1v) is 16.7. The van der Waals surface area contributed by atoms with Crippen LogP contribution in [0, 0.1) is 5.41 Å². The van der Waals surface area contributed by atoms with Crippen molar-refractivity contribution in [2.45, 2.75) is 95.7 Å².